The van der Waals surface area contributed by atoms with Crippen LogP contribution in [0.3, 0.4) is 0 Å². The van der Waals surface area contributed by atoms with Crippen molar-refractivity contribution in [3.63, 3.8) is 0 Å². The number of carbonyl (C=O) groups is 1. The molecule has 0 aromatic heterocycles. The van der Waals surface area contributed by atoms with Crippen molar-refractivity contribution in [1.82, 2.24) is 0 Å². The van der Waals surface area contributed by atoms with Crippen molar-refractivity contribution in [1.29, 1.82) is 0 Å². The number of rotatable bonds is 14. The minimum absolute atomic E-state index is 0.0269. The van der Waals surface area contributed by atoms with E-state index in [-0.39, 0.29) is 19.3 Å². The number of aliphatic carboxylic acids is 1. The lowest BCUT2D eigenvalue weighted by Crippen LogP contribution is -2.13. The molecule has 0 aliphatic heterocycles. The van der Waals surface area contributed by atoms with E-state index in [2.05, 4.69) is 0 Å². The van der Waals surface area contributed by atoms with E-state index in [1.807, 2.05) is 13.0 Å². The highest BCUT2D eigenvalue weighted by Crippen LogP contribution is 2.21. The highest BCUT2D eigenvalue weighted by atomic mass is 16.4. The van der Waals surface area contributed by atoms with Crippen LogP contribution in [0.4, 0.5) is 0 Å². The number of hydrogen-bond donors (Lipinski definition) is 8. The highest BCUT2D eigenvalue weighted by Gasteiger charge is 2.22. The molecule has 0 bridgehead atoms. The van der Waals surface area contributed by atoms with Crippen LogP contribution >= 0.6 is 0 Å². The van der Waals surface area contributed by atoms with Gasteiger partial charge in [-0.15, -0.1) is 0 Å². The summed E-state index contributed by atoms with van der Waals surface area (Å²) in [4.78, 5) is 10.4. The lowest BCUT2D eigenvalue weighted by Gasteiger charge is -2.11. The molecule has 0 fully saturated rings. The number of allylic oxidation sites excluding steroid dienone is 6. The van der Waals surface area contributed by atoms with Gasteiger partial charge < -0.3 is 40.9 Å². The topological polar surface area (TPSA) is 179 Å². The number of carboxylic acid groups (broad SMARTS) is 1. The van der Waals surface area contributed by atoms with E-state index in [4.69, 9.17) is 5.11 Å². The molecule has 0 aromatic carbocycles. The summed E-state index contributed by atoms with van der Waals surface area (Å²) in [6.07, 6.45) is 10.4. The molecule has 0 saturated carbocycles. The fraction of sp³-hybridized carbons (Fsp3) is 0.409. The van der Waals surface area contributed by atoms with Gasteiger partial charge in [-0.3, -0.25) is 4.79 Å². The molecule has 0 aliphatic rings. The van der Waals surface area contributed by atoms with Crippen molar-refractivity contribution < 1.29 is 45.6 Å². The van der Waals surface area contributed by atoms with Gasteiger partial charge in [0.2, 0.25) is 17.3 Å². The van der Waals surface area contributed by atoms with Crippen LogP contribution in [0, 0.1) is 0 Å². The predicted molar refractivity (Wildman–Crippen MR) is 116 cm³/mol. The van der Waals surface area contributed by atoms with E-state index in [1.54, 1.807) is 24.3 Å². The molecule has 0 saturated heterocycles. The number of aliphatic hydroxyl groups excluding tert-OH is 7. The van der Waals surface area contributed by atoms with Gasteiger partial charge in [0.05, 0.1) is 0 Å². The normalized spacial score (nSPS) is 15.8. The lowest BCUT2D eigenvalue weighted by molar-refractivity contribution is -0.136. The Bertz CT molecular complexity index is 755. The van der Waals surface area contributed by atoms with Crippen LogP contribution in [-0.4, -0.2) is 52.9 Å². The average Bonchev–Trinajstić information content (AvgIpc) is 2.75. The molecule has 0 heterocycles. The first-order valence-corrected chi connectivity index (χ1v) is 9.84. The standard InChI is InChI=1S/C22H32O9/c1-2-3-4-9-12-15(23)18(27)20(29)22(31)21(30)19(28)16(24)13-10-7-5-6-8-11-14-17(25)26/h3-4,6-8,10,16,23-24,27-31H,2,5,9,11-14H2,1H3,(H,25,26)/b4-3-,8-6-,10-7-,18-15+,21-19+,22-20-/t16-/m0/s1. The van der Waals surface area contributed by atoms with Gasteiger partial charge in [0.1, 0.15) is 11.9 Å². The Labute approximate surface area is 181 Å². The smallest absolute Gasteiger partial charge is 0.303 e. The number of carboxylic acids is 1. The van der Waals surface area contributed by atoms with E-state index < -0.39 is 46.6 Å². The number of hydrogen-bond acceptors (Lipinski definition) is 8. The van der Waals surface area contributed by atoms with Crippen molar-refractivity contribution in [3.05, 3.63) is 71.0 Å². The summed E-state index contributed by atoms with van der Waals surface area (Å²) in [6.45, 7) is 1.92. The second kappa shape index (κ2) is 15.5. The zero-order valence-electron chi connectivity index (χ0n) is 17.5. The first-order chi connectivity index (χ1) is 14.6. The second-order valence-corrected chi connectivity index (χ2v) is 6.51. The summed E-state index contributed by atoms with van der Waals surface area (Å²) in [6, 6.07) is 0. The molecular weight excluding hydrogens is 408 g/mol. The average molecular weight is 440 g/mol. The molecule has 31 heavy (non-hydrogen) atoms. The molecule has 0 radical (unpaired) electrons. The fourth-order valence-corrected chi connectivity index (χ4v) is 2.20. The summed E-state index contributed by atoms with van der Waals surface area (Å²) < 4.78 is 0. The maximum atomic E-state index is 10.4. The largest absolute Gasteiger partial charge is 0.508 e. The quantitative estimate of drug-likeness (QED) is 0.107. The fourth-order valence-electron chi connectivity index (χ4n) is 2.20. The Morgan fingerprint density at radius 2 is 1.26 bits per heavy atom. The van der Waals surface area contributed by atoms with Crippen molar-refractivity contribution >= 4 is 5.97 Å². The summed E-state index contributed by atoms with van der Waals surface area (Å²) in [5, 5.41) is 77.3. The third-order valence-electron chi connectivity index (χ3n) is 3.94. The summed E-state index contributed by atoms with van der Waals surface area (Å²) in [5.74, 6) is -7.44. The van der Waals surface area contributed by atoms with Gasteiger partial charge in [-0.1, -0.05) is 43.4 Å². The minimum Gasteiger partial charge on any atom is -0.508 e. The van der Waals surface area contributed by atoms with Gasteiger partial charge in [-0.2, -0.15) is 0 Å². The third-order valence-corrected chi connectivity index (χ3v) is 3.94. The van der Waals surface area contributed by atoms with Crippen molar-refractivity contribution in [2.45, 2.75) is 58.0 Å². The zero-order chi connectivity index (χ0) is 23.8. The molecule has 0 aliphatic carbocycles. The molecule has 0 aromatic rings. The van der Waals surface area contributed by atoms with Crippen LogP contribution in [-0.2, 0) is 4.79 Å². The molecular formula is C22H32O9. The van der Waals surface area contributed by atoms with Crippen LogP contribution in [0.15, 0.2) is 71.0 Å². The van der Waals surface area contributed by atoms with Crippen molar-refractivity contribution in [2.75, 3.05) is 0 Å². The van der Waals surface area contributed by atoms with Gasteiger partial charge in [-0.05, 0) is 32.1 Å². The molecule has 1 atom stereocenters. The van der Waals surface area contributed by atoms with E-state index in [1.165, 1.54) is 6.08 Å². The Balaban J connectivity index is 5.00. The Morgan fingerprint density at radius 3 is 1.87 bits per heavy atom. The SMILES string of the molecule is CC/C=C\CC/C(O)=C(O)/C(O)=C(O)\C(O)=C(/O)[C@@H](O)C/C=C\C/C=C\CCC(=O)O. The Morgan fingerprint density at radius 1 is 0.710 bits per heavy atom. The van der Waals surface area contributed by atoms with Gasteiger partial charge >= 0.3 is 5.97 Å². The summed E-state index contributed by atoms with van der Waals surface area (Å²) >= 11 is 0. The molecule has 0 amide bonds. The third kappa shape index (κ3) is 11.4. The van der Waals surface area contributed by atoms with Gasteiger partial charge in [0.25, 0.3) is 0 Å². The molecule has 9 nitrogen and oxygen atoms in total. The van der Waals surface area contributed by atoms with E-state index in [0.29, 0.717) is 19.3 Å². The first kappa shape index (κ1) is 27.7. The van der Waals surface area contributed by atoms with Crippen LogP contribution in [0.1, 0.15) is 51.9 Å². The van der Waals surface area contributed by atoms with Gasteiger partial charge in [-0.25, -0.2) is 0 Å². The maximum Gasteiger partial charge on any atom is 0.303 e. The molecule has 0 rings (SSSR count). The second-order valence-electron chi connectivity index (χ2n) is 6.51. The first-order valence-electron chi connectivity index (χ1n) is 9.84. The molecule has 0 unspecified atom stereocenters. The zero-order valence-corrected chi connectivity index (χ0v) is 17.5. The van der Waals surface area contributed by atoms with Gasteiger partial charge in [0.15, 0.2) is 11.5 Å². The molecule has 174 valence electrons. The van der Waals surface area contributed by atoms with Crippen LogP contribution in [0.25, 0.3) is 0 Å². The van der Waals surface area contributed by atoms with Gasteiger partial charge in [0, 0.05) is 12.8 Å². The molecule has 8 N–H and O–H groups in total. The minimum atomic E-state index is -1.61. The monoisotopic (exact) mass is 440 g/mol. The summed E-state index contributed by atoms with van der Waals surface area (Å²) in [5.41, 5.74) is 0. The Kier molecular flexibility index (Phi) is 13.8. The van der Waals surface area contributed by atoms with E-state index in [0.717, 1.165) is 6.42 Å². The van der Waals surface area contributed by atoms with Crippen LogP contribution in [0.5, 0.6) is 0 Å². The molecule has 0 spiro atoms. The Hall–Kier alpha value is -3.33. The predicted octanol–water partition coefficient (Wildman–Crippen LogP) is 4.83. The van der Waals surface area contributed by atoms with Crippen LogP contribution < -0.4 is 0 Å². The van der Waals surface area contributed by atoms with Crippen LogP contribution in [0.2, 0.25) is 0 Å². The lowest BCUT2D eigenvalue weighted by atomic mass is 10.1. The highest BCUT2D eigenvalue weighted by molar-refractivity contribution is 5.66. The molecule has 9 heteroatoms. The van der Waals surface area contributed by atoms with E-state index in [9.17, 15) is 40.5 Å². The van der Waals surface area contributed by atoms with E-state index >= 15 is 0 Å². The van der Waals surface area contributed by atoms with Crippen molar-refractivity contribution in [3.8, 4) is 0 Å². The maximum absolute atomic E-state index is 10.4. The number of aliphatic hydroxyl groups is 7. The summed E-state index contributed by atoms with van der Waals surface area (Å²) in [7, 11) is 0. The van der Waals surface area contributed by atoms with Crippen molar-refractivity contribution in [2.24, 2.45) is 0 Å².